The molecule has 1 aliphatic heterocycles. The Hall–Kier alpha value is -0.550. The van der Waals surface area contributed by atoms with Crippen molar-refractivity contribution in [3.63, 3.8) is 0 Å². The first-order chi connectivity index (χ1) is 9.61. The zero-order valence-electron chi connectivity index (χ0n) is 13.5. The number of methoxy groups -OCH3 is 1. The van der Waals surface area contributed by atoms with Gasteiger partial charge in [0.25, 0.3) is 0 Å². The lowest BCUT2D eigenvalue weighted by molar-refractivity contribution is 0.151. The van der Waals surface area contributed by atoms with E-state index in [2.05, 4.69) is 24.1 Å². The predicted octanol–water partition coefficient (Wildman–Crippen LogP) is 3.67. The van der Waals surface area contributed by atoms with Crippen LogP contribution in [0.15, 0.2) is 18.2 Å². The summed E-state index contributed by atoms with van der Waals surface area (Å²) in [6, 6.07) is 5.38. The molecular weight excluding hydrogens is 326 g/mol. The minimum Gasteiger partial charge on any atom is -0.497 e. The standard InChI is InChI=1S/C16H25FN2O.2ClH/c1-12(2)10-16(19-8-6-18-7-9-19)14-5-4-13(20-3)11-15(14)17;;/h4-5,11-12,16,18H,6-10H2,1-3H3;2*1H/t16-;;/m0../s1. The number of hydrogen-bond donors (Lipinski definition) is 1. The number of halogens is 3. The third-order valence-electron chi connectivity index (χ3n) is 3.85. The molecule has 1 atom stereocenters. The summed E-state index contributed by atoms with van der Waals surface area (Å²) in [5.74, 6) is 0.958. The normalized spacial score (nSPS) is 16.6. The van der Waals surface area contributed by atoms with Crippen molar-refractivity contribution in [3.05, 3.63) is 29.6 Å². The summed E-state index contributed by atoms with van der Waals surface area (Å²) < 4.78 is 19.5. The summed E-state index contributed by atoms with van der Waals surface area (Å²) in [7, 11) is 1.57. The highest BCUT2D eigenvalue weighted by Crippen LogP contribution is 2.31. The number of piperazine rings is 1. The minimum atomic E-state index is -0.159. The van der Waals surface area contributed by atoms with Crippen LogP contribution in [-0.2, 0) is 0 Å². The lowest BCUT2D eigenvalue weighted by atomic mass is 9.94. The largest absolute Gasteiger partial charge is 0.497 e. The van der Waals surface area contributed by atoms with Gasteiger partial charge in [-0.15, -0.1) is 24.8 Å². The Morgan fingerprint density at radius 3 is 2.36 bits per heavy atom. The average Bonchev–Trinajstić information content (AvgIpc) is 2.45. The van der Waals surface area contributed by atoms with E-state index in [1.165, 1.54) is 6.07 Å². The van der Waals surface area contributed by atoms with Gasteiger partial charge in [0.15, 0.2) is 0 Å². The van der Waals surface area contributed by atoms with Gasteiger partial charge < -0.3 is 10.1 Å². The second-order valence-electron chi connectivity index (χ2n) is 5.82. The summed E-state index contributed by atoms with van der Waals surface area (Å²) in [5.41, 5.74) is 0.793. The summed E-state index contributed by atoms with van der Waals surface area (Å²) in [4.78, 5) is 2.39. The number of ether oxygens (including phenoxy) is 1. The SMILES string of the molecule is COc1ccc([C@H](CC(C)C)N2CCNCC2)c(F)c1.Cl.Cl. The first-order valence-corrected chi connectivity index (χ1v) is 7.40. The molecule has 1 aliphatic rings. The third kappa shape index (κ3) is 5.58. The summed E-state index contributed by atoms with van der Waals surface area (Å²) in [6.07, 6.45) is 0.975. The Morgan fingerprint density at radius 2 is 1.86 bits per heavy atom. The molecule has 1 N–H and O–H groups in total. The molecule has 1 aromatic carbocycles. The van der Waals surface area contributed by atoms with Gasteiger partial charge in [-0.25, -0.2) is 4.39 Å². The van der Waals surface area contributed by atoms with Crippen molar-refractivity contribution in [1.82, 2.24) is 10.2 Å². The van der Waals surface area contributed by atoms with Crippen molar-refractivity contribution < 1.29 is 9.13 Å². The first-order valence-electron chi connectivity index (χ1n) is 7.40. The van der Waals surface area contributed by atoms with Crippen molar-refractivity contribution in [2.45, 2.75) is 26.3 Å². The van der Waals surface area contributed by atoms with Crippen molar-refractivity contribution in [3.8, 4) is 5.75 Å². The van der Waals surface area contributed by atoms with Gasteiger partial charge in [-0.1, -0.05) is 19.9 Å². The number of benzene rings is 1. The molecule has 1 fully saturated rings. The van der Waals surface area contributed by atoms with Gasteiger partial charge in [-0.2, -0.15) is 0 Å². The van der Waals surface area contributed by atoms with E-state index >= 15 is 0 Å². The monoisotopic (exact) mass is 352 g/mol. The zero-order valence-corrected chi connectivity index (χ0v) is 15.1. The van der Waals surface area contributed by atoms with Gasteiger partial charge >= 0.3 is 0 Å². The van der Waals surface area contributed by atoms with Crippen LogP contribution in [-0.4, -0.2) is 38.2 Å². The van der Waals surface area contributed by atoms with E-state index < -0.39 is 0 Å². The molecule has 1 aromatic rings. The Morgan fingerprint density at radius 1 is 1.23 bits per heavy atom. The van der Waals surface area contributed by atoms with E-state index in [-0.39, 0.29) is 36.7 Å². The molecule has 0 aliphatic carbocycles. The quantitative estimate of drug-likeness (QED) is 0.874. The summed E-state index contributed by atoms with van der Waals surface area (Å²) in [5, 5.41) is 3.35. The first kappa shape index (κ1) is 21.4. The smallest absolute Gasteiger partial charge is 0.131 e. The fraction of sp³-hybridized carbons (Fsp3) is 0.625. The predicted molar refractivity (Wildman–Crippen MR) is 94.1 cm³/mol. The average molecular weight is 353 g/mol. The van der Waals surface area contributed by atoms with Crippen LogP contribution in [0, 0.1) is 11.7 Å². The molecule has 0 spiro atoms. The molecule has 0 unspecified atom stereocenters. The highest BCUT2D eigenvalue weighted by molar-refractivity contribution is 5.85. The van der Waals surface area contributed by atoms with E-state index in [1.807, 2.05) is 12.1 Å². The van der Waals surface area contributed by atoms with Crippen LogP contribution in [0.2, 0.25) is 0 Å². The van der Waals surface area contributed by atoms with E-state index in [0.29, 0.717) is 11.7 Å². The van der Waals surface area contributed by atoms with Gasteiger partial charge in [0, 0.05) is 43.9 Å². The number of nitrogens with zero attached hydrogens (tertiary/aromatic N) is 1. The molecule has 128 valence electrons. The van der Waals surface area contributed by atoms with Crippen LogP contribution in [0.3, 0.4) is 0 Å². The molecule has 2 rings (SSSR count). The van der Waals surface area contributed by atoms with Crippen LogP contribution in [0.25, 0.3) is 0 Å². The number of nitrogens with one attached hydrogen (secondary N) is 1. The van der Waals surface area contributed by atoms with Crippen LogP contribution < -0.4 is 10.1 Å². The molecule has 6 heteroatoms. The molecule has 0 aromatic heterocycles. The van der Waals surface area contributed by atoms with Gasteiger partial charge in [0.05, 0.1) is 7.11 Å². The topological polar surface area (TPSA) is 24.5 Å². The Bertz CT molecular complexity index is 440. The number of hydrogen-bond acceptors (Lipinski definition) is 3. The molecule has 1 saturated heterocycles. The van der Waals surface area contributed by atoms with E-state index in [4.69, 9.17) is 4.74 Å². The Kier molecular flexibility index (Phi) is 10.0. The van der Waals surface area contributed by atoms with Crippen molar-refractivity contribution in [2.75, 3.05) is 33.3 Å². The maximum Gasteiger partial charge on any atom is 0.131 e. The highest BCUT2D eigenvalue weighted by Gasteiger charge is 2.25. The van der Waals surface area contributed by atoms with Crippen LogP contribution in [0.1, 0.15) is 31.9 Å². The van der Waals surface area contributed by atoms with Gasteiger partial charge in [0.1, 0.15) is 11.6 Å². The van der Waals surface area contributed by atoms with Gasteiger partial charge in [0.2, 0.25) is 0 Å². The molecular formula is C16H27Cl2FN2O. The number of rotatable bonds is 5. The zero-order chi connectivity index (χ0) is 14.5. The fourth-order valence-corrected chi connectivity index (χ4v) is 2.82. The molecule has 22 heavy (non-hydrogen) atoms. The summed E-state index contributed by atoms with van der Waals surface area (Å²) >= 11 is 0. The van der Waals surface area contributed by atoms with Gasteiger partial charge in [-0.05, 0) is 18.4 Å². The molecule has 0 amide bonds. The van der Waals surface area contributed by atoms with E-state index in [0.717, 1.165) is 38.2 Å². The molecule has 0 bridgehead atoms. The van der Waals surface area contributed by atoms with Crippen LogP contribution >= 0.6 is 24.8 Å². The van der Waals surface area contributed by atoms with E-state index in [1.54, 1.807) is 7.11 Å². The van der Waals surface area contributed by atoms with Crippen molar-refractivity contribution >= 4 is 24.8 Å². The second-order valence-corrected chi connectivity index (χ2v) is 5.82. The van der Waals surface area contributed by atoms with E-state index in [9.17, 15) is 4.39 Å². The summed E-state index contributed by atoms with van der Waals surface area (Å²) in [6.45, 7) is 8.29. The molecule has 3 nitrogen and oxygen atoms in total. The molecule has 0 saturated carbocycles. The molecule has 0 radical (unpaired) electrons. The third-order valence-corrected chi connectivity index (χ3v) is 3.85. The van der Waals surface area contributed by atoms with Crippen LogP contribution in [0.4, 0.5) is 4.39 Å². The van der Waals surface area contributed by atoms with Crippen molar-refractivity contribution in [1.29, 1.82) is 0 Å². The van der Waals surface area contributed by atoms with Crippen LogP contribution in [0.5, 0.6) is 5.75 Å². The molecule has 1 heterocycles. The lowest BCUT2D eigenvalue weighted by Crippen LogP contribution is -2.45. The second kappa shape index (κ2) is 10.3. The lowest BCUT2D eigenvalue weighted by Gasteiger charge is -2.36. The van der Waals surface area contributed by atoms with Gasteiger partial charge in [-0.3, -0.25) is 4.90 Å². The maximum atomic E-state index is 14.4. The fourth-order valence-electron chi connectivity index (χ4n) is 2.82. The Balaban J connectivity index is 0.00000220. The van der Waals surface area contributed by atoms with Crippen molar-refractivity contribution in [2.24, 2.45) is 5.92 Å². The minimum absolute atomic E-state index is 0. The highest BCUT2D eigenvalue weighted by atomic mass is 35.5. The Labute approximate surface area is 145 Å². The maximum absolute atomic E-state index is 14.4.